The first kappa shape index (κ1) is 41.9. The largest absolute Gasteiger partial charge is 0.401 e. The Morgan fingerprint density at radius 2 is 1.66 bits per heavy atom. The average molecular weight is 654 g/mol. The number of allylic oxidation sites excluding steroid dienone is 5. The van der Waals surface area contributed by atoms with Gasteiger partial charge in [-0.2, -0.15) is 0 Å². The fourth-order valence-corrected chi connectivity index (χ4v) is 5.95. The maximum atomic E-state index is 12.5. The van der Waals surface area contributed by atoms with Crippen LogP contribution in [0.25, 0.3) is 0 Å². The molecule has 2 rings (SSSR count). The van der Waals surface area contributed by atoms with Crippen LogP contribution in [0.3, 0.4) is 0 Å². The number of thioether (sulfide) groups is 1. The zero-order chi connectivity index (χ0) is 33.2. The van der Waals surface area contributed by atoms with Crippen LogP contribution in [0.5, 0.6) is 0 Å². The molecule has 10 heteroatoms. The molecule has 2 fully saturated rings. The molecule has 1 heterocycles. The SMILES string of the molecule is C=C(CCC(=O)NC(CNC)CC1CCCCC1)SC(/C=C(/Cl)CC)=C(/C)N.CCC(N)=O.O=C/C=C/CN1CCCCC1. The molecule has 0 aromatic carbocycles. The van der Waals surface area contributed by atoms with Crippen molar-refractivity contribution in [2.24, 2.45) is 17.4 Å². The molecule has 1 atom stereocenters. The molecule has 0 spiro atoms. The number of nitrogens with one attached hydrogen (secondary N) is 2. The van der Waals surface area contributed by atoms with E-state index in [1.807, 2.05) is 33.0 Å². The van der Waals surface area contributed by atoms with Crippen molar-refractivity contribution in [2.45, 2.75) is 110 Å². The Morgan fingerprint density at radius 1 is 1.05 bits per heavy atom. The average Bonchev–Trinajstić information content (AvgIpc) is 3.01. The first-order valence-corrected chi connectivity index (χ1v) is 17.5. The van der Waals surface area contributed by atoms with E-state index in [1.54, 1.807) is 13.0 Å². The Balaban J connectivity index is 0.000000940. The van der Waals surface area contributed by atoms with E-state index in [4.69, 9.17) is 17.3 Å². The lowest BCUT2D eigenvalue weighted by Gasteiger charge is -2.27. The number of amides is 2. The topological polar surface area (TPSA) is 131 Å². The van der Waals surface area contributed by atoms with Crippen LogP contribution in [0.4, 0.5) is 0 Å². The van der Waals surface area contributed by atoms with E-state index in [1.165, 1.54) is 76.2 Å². The molecule has 6 N–H and O–H groups in total. The Labute approximate surface area is 276 Å². The quantitative estimate of drug-likeness (QED) is 0.0847. The van der Waals surface area contributed by atoms with Gasteiger partial charge in [0.05, 0.1) is 0 Å². The van der Waals surface area contributed by atoms with Crippen LogP contribution in [0.2, 0.25) is 0 Å². The highest BCUT2D eigenvalue weighted by Crippen LogP contribution is 2.31. The Bertz CT molecular complexity index is 922. The van der Waals surface area contributed by atoms with Gasteiger partial charge in [0.15, 0.2) is 0 Å². The van der Waals surface area contributed by atoms with Crippen LogP contribution in [-0.4, -0.2) is 62.3 Å². The smallest absolute Gasteiger partial charge is 0.220 e. The van der Waals surface area contributed by atoms with Crippen LogP contribution in [-0.2, 0) is 14.4 Å². The molecule has 1 saturated heterocycles. The number of hydrogen-bond donors (Lipinski definition) is 4. The number of likely N-dealkylation sites (N-methyl/N-ethyl adjacent to an activating group) is 1. The molecule has 0 radical (unpaired) electrons. The van der Waals surface area contributed by atoms with Gasteiger partial charge in [-0.25, -0.2) is 0 Å². The predicted molar refractivity (Wildman–Crippen MR) is 189 cm³/mol. The van der Waals surface area contributed by atoms with Gasteiger partial charge in [0.2, 0.25) is 11.8 Å². The molecule has 2 amide bonds. The lowest BCUT2D eigenvalue weighted by molar-refractivity contribution is -0.122. The predicted octanol–water partition coefficient (Wildman–Crippen LogP) is 6.52. The summed E-state index contributed by atoms with van der Waals surface area (Å²) in [5, 5.41) is 7.19. The summed E-state index contributed by atoms with van der Waals surface area (Å²) in [6.45, 7) is 13.8. The second-order valence-electron chi connectivity index (χ2n) is 11.4. The molecule has 1 aliphatic carbocycles. The van der Waals surface area contributed by atoms with E-state index in [2.05, 4.69) is 27.8 Å². The van der Waals surface area contributed by atoms with Crippen LogP contribution in [0.1, 0.15) is 104 Å². The van der Waals surface area contributed by atoms with E-state index in [9.17, 15) is 14.4 Å². The molecule has 252 valence electrons. The molecule has 0 aromatic heterocycles. The third-order valence-corrected chi connectivity index (χ3v) is 8.96. The number of nitrogens with zero attached hydrogens (tertiary/aromatic N) is 1. The van der Waals surface area contributed by atoms with Crippen molar-refractivity contribution in [2.75, 3.05) is 33.2 Å². The highest BCUT2D eigenvalue weighted by atomic mass is 35.5. The monoisotopic (exact) mass is 653 g/mol. The number of primary amides is 1. The van der Waals surface area contributed by atoms with Gasteiger partial charge in [-0.15, -0.1) is 0 Å². The number of halogens is 1. The molecule has 1 saturated carbocycles. The summed E-state index contributed by atoms with van der Waals surface area (Å²) in [5.74, 6) is 0.591. The number of rotatable bonds is 16. The summed E-state index contributed by atoms with van der Waals surface area (Å²) in [6, 6.07) is 0.203. The molecule has 2 aliphatic rings. The maximum absolute atomic E-state index is 12.5. The van der Waals surface area contributed by atoms with Crippen molar-refractivity contribution in [3.8, 4) is 0 Å². The van der Waals surface area contributed by atoms with E-state index < -0.39 is 0 Å². The van der Waals surface area contributed by atoms with E-state index in [0.717, 1.165) is 53.0 Å². The van der Waals surface area contributed by atoms with Crippen LogP contribution in [0, 0.1) is 5.92 Å². The maximum Gasteiger partial charge on any atom is 0.220 e. The number of hydrogen-bond acceptors (Lipinski definition) is 7. The second kappa shape index (κ2) is 27.3. The fraction of sp³-hybridized carbons (Fsp3) is 0.676. The molecule has 1 unspecified atom stereocenters. The summed E-state index contributed by atoms with van der Waals surface area (Å²) in [6.07, 6.45) is 20.2. The first-order valence-electron chi connectivity index (χ1n) is 16.3. The summed E-state index contributed by atoms with van der Waals surface area (Å²) in [7, 11) is 1.94. The lowest BCUT2D eigenvalue weighted by Crippen LogP contribution is -2.42. The van der Waals surface area contributed by atoms with Crippen molar-refractivity contribution < 1.29 is 14.4 Å². The summed E-state index contributed by atoms with van der Waals surface area (Å²) in [5.41, 5.74) is 11.3. The number of piperidine rings is 1. The van der Waals surface area contributed by atoms with Gasteiger partial charge in [0.25, 0.3) is 0 Å². The zero-order valence-corrected chi connectivity index (χ0v) is 29.4. The number of likely N-dealkylation sites (tertiary alicyclic amines) is 1. The van der Waals surface area contributed by atoms with Crippen LogP contribution >= 0.6 is 23.4 Å². The highest BCUT2D eigenvalue weighted by Gasteiger charge is 2.20. The third kappa shape index (κ3) is 23.3. The first-order chi connectivity index (χ1) is 21.1. The van der Waals surface area contributed by atoms with E-state index in [0.29, 0.717) is 25.0 Å². The third-order valence-electron chi connectivity index (χ3n) is 7.43. The minimum absolute atomic E-state index is 0.0925. The molecular weight excluding hydrogens is 594 g/mol. The van der Waals surface area contributed by atoms with E-state index >= 15 is 0 Å². The van der Waals surface area contributed by atoms with Crippen molar-refractivity contribution in [1.29, 1.82) is 0 Å². The molecule has 44 heavy (non-hydrogen) atoms. The number of nitrogens with two attached hydrogens (primary N) is 2. The minimum Gasteiger partial charge on any atom is -0.401 e. The Morgan fingerprint density at radius 3 is 2.18 bits per heavy atom. The number of carbonyl (C=O) groups is 3. The van der Waals surface area contributed by atoms with Gasteiger partial charge in [0.1, 0.15) is 6.29 Å². The molecule has 0 aromatic rings. The van der Waals surface area contributed by atoms with Crippen molar-refractivity contribution in [3.63, 3.8) is 0 Å². The van der Waals surface area contributed by atoms with Gasteiger partial charge in [-0.1, -0.05) is 88.4 Å². The van der Waals surface area contributed by atoms with Gasteiger partial charge in [-0.3, -0.25) is 19.3 Å². The van der Waals surface area contributed by atoms with Crippen LogP contribution < -0.4 is 22.1 Å². The number of carbonyl (C=O) groups excluding carboxylic acids is 3. The van der Waals surface area contributed by atoms with Gasteiger partial charge >= 0.3 is 0 Å². The normalized spacial score (nSPS) is 17.3. The lowest BCUT2D eigenvalue weighted by atomic mass is 9.84. The van der Waals surface area contributed by atoms with Crippen molar-refractivity contribution >= 4 is 41.5 Å². The summed E-state index contributed by atoms with van der Waals surface area (Å²) >= 11 is 7.64. The summed E-state index contributed by atoms with van der Waals surface area (Å²) < 4.78 is 0. The van der Waals surface area contributed by atoms with E-state index in [-0.39, 0.29) is 17.9 Å². The molecule has 0 bridgehead atoms. The van der Waals surface area contributed by atoms with Gasteiger partial charge < -0.3 is 22.1 Å². The van der Waals surface area contributed by atoms with Crippen molar-refractivity contribution in [3.05, 3.63) is 45.3 Å². The standard InChI is InChI=1S/C22H38ClN3OS.C9H15NO.C3H7NO/c1-5-19(23)14-21(17(3)24)28-16(2)11-12-22(27)26-20(15-25-4)13-18-9-7-6-8-10-18;11-9-5-4-8-10-6-2-1-3-7-10;1-2-3(4)5/h14,18,20,25H,2,5-13,15,24H2,1,3-4H3,(H,26,27);4-5,9H,1-3,6-8H2;2H2,1H3,(H2,4,5)/b19-14+,21-17-;5-4+;. The zero-order valence-electron chi connectivity index (χ0n) is 27.8. The fourth-order valence-electron chi connectivity index (χ4n) is 4.90. The van der Waals surface area contributed by atoms with Crippen LogP contribution in [0.15, 0.2) is 45.3 Å². The van der Waals surface area contributed by atoms with Gasteiger partial charge in [-0.05, 0) is 82.1 Å². The van der Waals surface area contributed by atoms with Gasteiger partial charge in [0, 0.05) is 47.6 Å². The minimum atomic E-state index is -0.245. The molecular formula is C34H60ClN5O3S. The van der Waals surface area contributed by atoms with Crippen molar-refractivity contribution in [1.82, 2.24) is 15.5 Å². The second-order valence-corrected chi connectivity index (χ2v) is 13.1. The molecule has 8 nitrogen and oxygen atoms in total. The Kier molecular flexibility index (Phi) is 26.0. The molecule has 1 aliphatic heterocycles. The highest BCUT2D eigenvalue weighted by molar-refractivity contribution is 8.06. The summed E-state index contributed by atoms with van der Waals surface area (Å²) in [4.78, 5) is 36.2. The number of aldehydes is 1. The Hall–Kier alpha value is -2.07.